The molecule has 3 atom stereocenters. The summed E-state index contributed by atoms with van der Waals surface area (Å²) < 4.78 is 11.2. The minimum Gasteiger partial charge on any atom is -0.377 e. The highest BCUT2D eigenvalue weighted by molar-refractivity contribution is 14.0. The molecule has 5 nitrogen and oxygen atoms in total. The number of guanidine groups is 1. The van der Waals surface area contributed by atoms with Crippen molar-refractivity contribution in [2.24, 2.45) is 4.99 Å². The van der Waals surface area contributed by atoms with Gasteiger partial charge in [0, 0.05) is 32.2 Å². The molecule has 0 amide bonds. The molecule has 0 saturated carbocycles. The van der Waals surface area contributed by atoms with Gasteiger partial charge in [-0.25, -0.2) is 0 Å². The highest BCUT2D eigenvalue weighted by atomic mass is 127. The van der Waals surface area contributed by atoms with Crippen LogP contribution in [0.15, 0.2) is 35.3 Å². The van der Waals surface area contributed by atoms with Crippen LogP contribution in [0.3, 0.4) is 0 Å². The fourth-order valence-corrected chi connectivity index (χ4v) is 2.81. The number of rotatable bonds is 8. The molecule has 1 fully saturated rings. The first-order valence-corrected chi connectivity index (χ1v) is 8.92. The van der Waals surface area contributed by atoms with Crippen LogP contribution in [0.5, 0.6) is 0 Å². The molecule has 1 aromatic rings. The van der Waals surface area contributed by atoms with Gasteiger partial charge in [-0.15, -0.1) is 24.0 Å². The van der Waals surface area contributed by atoms with Crippen LogP contribution in [0.1, 0.15) is 38.2 Å². The zero-order valence-electron chi connectivity index (χ0n) is 15.5. The number of hydrogen-bond acceptors (Lipinski definition) is 3. The Balaban J connectivity index is 0.00000312. The Bertz CT molecular complexity index is 493. The maximum Gasteiger partial charge on any atom is 0.191 e. The van der Waals surface area contributed by atoms with Crippen LogP contribution >= 0.6 is 24.0 Å². The standard InChI is InChI=1S/C19H31N3O2.HI/c1-15(17-8-5-4-6-9-17)16(2)22-19(20-3)21-11-13-23-14-18-10-7-12-24-18;/h4-6,8-9,15-16,18H,7,10-14H2,1-3H3,(H2,20,21,22);1H. The Labute approximate surface area is 169 Å². The van der Waals surface area contributed by atoms with Crippen molar-refractivity contribution >= 4 is 29.9 Å². The van der Waals surface area contributed by atoms with Gasteiger partial charge in [0.05, 0.1) is 19.3 Å². The number of aliphatic imine (C=N–C) groups is 1. The number of halogens is 1. The van der Waals surface area contributed by atoms with Crippen molar-refractivity contribution in [1.82, 2.24) is 10.6 Å². The molecule has 1 saturated heterocycles. The molecular formula is C19H32IN3O2. The molecule has 0 bridgehead atoms. The predicted octanol–water partition coefficient (Wildman–Crippen LogP) is 3.16. The average molecular weight is 461 g/mol. The van der Waals surface area contributed by atoms with E-state index in [4.69, 9.17) is 9.47 Å². The number of nitrogens with one attached hydrogen (secondary N) is 2. The molecule has 3 unspecified atom stereocenters. The summed E-state index contributed by atoms with van der Waals surface area (Å²) in [7, 11) is 1.79. The molecule has 25 heavy (non-hydrogen) atoms. The minimum absolute atomic E-state index is 0. The highest BCUT2D eigenvalue weighted by Gasteiger charge is 2.16. The SMILES string of the molecule is CN=C(NCCOCC1CCCO1)NC(C)C(C)c1ccccc1.I. The third-order valence-electron chi connectivity index (χ3n) is 4.53. The van der Waals surface area contributed by atoms with E-state index in [0.717, 1.165) is 32.0 Å². The van der Waals surface area contributed by atoms with E-state index in [2.05, 4.69) is 53.7 Å². The number of benzene rings is 1. The predicted molar refractivity (Wildman–Crippen MR) is 114 cm³/mol. The lowest BCUT2D eigenvalue weighted by Crippen LogP contribution is -2.45. The Morgan fingerprint density at radius 2 is 2.08 bits per heavy atom. The fourth-order valence-electron chi connectivity index (χ4n) is 2.81. The smallest absolute Gasteiger partial charge is 0.191 e. The van der Waals surface area contributed by atoms with Gasteiger partial charge in [-0.05, 0) is 25.3 Å². The topological polar surface area (TPSA) is 54.9 Å². The largest absolute Gasteiger partial charge is 0.377 e. The van der Waals surface area contributed by atoms with E-state index in [1.54, 1.807) is 7.05 Å². The first-order chi connectivity index (χ1) is 11.7. The molecule has 2 rings (SSSR count). The third-order valence-corrected chi connectivity index (χ3v) is 4.53. The maximum absolute atomic E-state index is 5.66. The van der Waals surface area contributed by atoms with Gasteiger partial charge in [0.15, 0.2) is 5.96 Å². The second-order valence-corrected chi connectivity index (χ2v) is 6.34. The summed E-state index contributed by atoms with van der Waals surface area (Å²) in [6.07, 6.45) is 2.56. The second kappa shape index (κ2) is 12.5. The molecule has 0 radical (unpaired) electrons. The van der Waals surface area contributed by atoms with Gasteiger partial charge in [0.1, 0.15) is 0 Å². The Morgan fingerprint density at radius 3 is 2.72 bits per heavy atom. The van der Waals surface area contributed by atoms with E-state index in [9.17, 15) is 0 Å². The van der Waals surface area contributed by atoms with Crippen molar-refractivity contribution in [2.45, 2.75) is 44.8 Å². The van der Waals surface area contributed by atoms with Crippen LogP contribution in [0.4, 0.5) is 0 Å². The van der Waals surface area contributed by atoms with Crippen molar-refractivity contribution < 1.29 is 9.47 Å². The van der Waals surface area contributed by atoms with Crippen LogP contribution in [-0.2, 0) is 9.47 Å². The van der Waals surface area contributed by atoms with Crippen LogP contribution in [0, 0.1) is 0 Å². The van der Waals surface area contributed by atoms with Crippen LogP contribution in [0.25, 0.3) is 0 Å². The molecule has 0 aliphatic carbocycles. The number of ether oxygens (including phenoxy) is 2. The monoisotopic (exact) mass is 461 g/mol. The summed E-state index contributed by atoms with van der Waals surface area (Å²) in [5, 5.41) is 6.76. The summed E-state index contributed by atoms with van der Waals surface area (Å²) >= 11 is 0. The lowest BCUT2D eigenvalue weighted by molar-refractivity contribution is 0.0191. The summed E-state index contributed by atoms with van der Waals surface area (Å²) in [5.74, 6) is 1.21. The van der Waals surface area contributed by atoms with Crippen molar-refractivity contribution in [3.8, 4) is 0 Å². The summed E-state index contributed by atoms with van der Waals surface area (Å²) in [4.78, 5) is 4.29. The minimum atomic E-state index is 0. The second-order valence-electron chi connectivity index (χ2n) is 6.34. The highest BCUT2D eigenvalue weighted by Crippen LogP contribution is 2.18. The molecular weight excluding hydrogens is 429 g/mol. The van der Waals surface area contributed by atoms with Crippen LogP contribution < -0.4 is 10.6 Å². The Morgan fingerprint density at radius 1 is 1.32 bits per heavy atom. The summed E-state index contributed by atoms with van der Waals surface area (Å²) in [5.41, 5.74) is 1.33. The quantitative estimate of drug-likeness (QED) is 0.270. The lowest BCUT2D eigenvalue weighted by Gasteiger charge is -2.24. The third kappa shape index (κ3) is 7.92. The fraction of sp³-hybridized carbons (Fsp3) is 0.632. The maximum atomic E-state index is 5.66. The normalized spacial score (nSPS) is 19.8. The molecule has 6 heteroatoms. The van der Waals surface area contributed by atoms with Gasteiger partial charge >= 0.3 is 0 Å². The molecule has 1 aromatic carbocycles. The number of nitrogens with zero attached hydrogens (tertiary/aromatic N) is 1. The van der Waals surface area contributed by atoms with Gasteiger partial charge in [-0.1, -0.05) is 37.3 Å². The van der Waals surface area contributed by atoms with Gasteiger partial charge < -0.3 is 20.1 Å². The summed E-state index contributed by atoms with van der Waals surface area (Å²) in [6, 6.07) is 10.8. The first kappa shape index (κ1) is 22.2. The van der Waals surface area contributed by atoms with E-state index in [1.165, 1.54) is 5.56 Å². The zero-order valence-corrected chi connectivity index (χ0v) is 17.9. The summed E-state index contributed by atoms with van der Waals surface area (Å²) in [6.45, 7) is 7.36. The van der Waals surface area contributed by atoms with E-state index in [-0.39, 0.29) is 36.1 Å². The van der Waals surface area contributed by atoms with E-state index >= 15 is 0 Å². The van der Waals surface area contributed by atoms with Crippen molar-refractivity contribution in [2.75, 3.05) is 33.4 Å². The van der Waals surface area contributed by atoms with Crippen LogP contribution in [0.2, 0.25) is 0 Å². The Hall–Kier alpha value is -0.860. The Kier molecular flexibility index (Phi) is 11.1. The van der Waals surface area contributed by atoms with Crippen molar-refractivity contribution in [3.63, 3.8) is 0 Å². The molecule has 1 heterocycles. The molecule has 1 aliphatic heterocycles. The van der Waals surface area contributed by atoms with Gasteiger partial charge in [-0.3, -0.25) is 4.99 Å². The molecule has 2 N–H and O–H groups in total. The van der Waals surface area contributed by atoms with Gasteiger partial charge in [0.2, 0.25) is 0 Å². The first-order valence-electron chi connectivity index (χ1n) is 8.92. The zero-order chi connectivity index (χ0) is 17.2. The van der Waals surface area contributed by atoms with E-state index in [1.807, 2.05) is 6.07 Å². The van der Waals surface area contributed by atoms with Crippen LogP contribution in [-0.4, -0.2) is 51.5 Å². The van der Waals surface area contributed by atoms with E-state index < -0.39 is 0 Å². The van der Waals surface area contributed by atoms with Gasteiger partial charge in [0.25, 0.3) is 0 Å². The molecule has 0 aromatic heterocycles. The molecule has 1 aliphatic rings. The lowest BCUT2D eigenvalue weighted by atomic mass is 9.94. The average Bonchev–Trinajstić information content (AvgIpc) is 3.13. The number of hydrogen-bond donors (Lipinski definition) is 2. The van der Waals surface area contributed by atoms with E-state index in [0.29, 0.717) is 19.1 Å². The van der Waals surface area contributed by atoms with Crippen molar-refractivity contribution in [3.05, 3.63) is 35.9 Å². The van der Waals surface area contributed by atoms with Crippen molar-refractivity contribution in [1.29, 1.82) is 0 Å². The molecule has 0 spiro atoms. The van der Waals surface area contributed by atoms with Gasteiger partial charge in [-0.2, -0.15) is 0 Å². The molecule has 142 valence electrons.